The highest BCUT2D eigenvalue weighted by Gasteiger charge is 2.40. The molecule has 4 heterocycles. The SMILES string of the molecule is CC(C)(C)OC(=O)N1C2C=C(c3cnc4ccnn4c3)CC1COC2. The third kappa shape index (κ3) is 3.11. The molecule has 1 fully saturated rings. The number of hydrogen-bond donors (Lipinski definition) is 0. The molecule has 0 aromatic carbocycles. The quantitative estimate of drug-likeness (QED) is 0.796. The molecule has 1 saturated heterocycles. The van der Waals surface area contributed by atoms with Crippen LogP contribution in [0.3, 0.4) is 0 Å². The number of carbonyl (C=O) groups is 1. The molecule has 2 aromatic heterocycles. The second-order valence-corrected chi connectivity index (χ2v) is 7.52. The highest BCUT2D eigenvalue weighted by atomic mass is 16.6. The van der Waals surface area contributed by atoms with E-state index >= 15 is 0 Å². The van der Waals surface area contributed by atoms with Gasteiger partial charge in [-0.25, -0.2) is 14.3 Å². The highest BCUT2D eigenvalue weighted by molar-refractivity contribution is 5.74. The molecule has 2 aliphatic heterocycles. The Hall–Kier alpha value is -2.41. The molecule has 0 aliphatic carbocycles. The summed E-state index contributed by atoms with van der Waals surface area (Å²) in [7, 11) is 0. The van der Waals surface area contributed by atoms with Gasteiger partial charge in [0.2, 0.25) is 0 Å². The number of fused-ring (bicyclic) bond motifs is 3. The molecule has 4 rings (SSSR count). The van der Waals surface area contributed by atoms with E-state index in [0.717, 1.165) is 11.2 Å². The lowest BCUT2D eigenvalue weighted by atomic mass is 9.91. The predicted molar refractivity (Wildman–Crippen MR) is 92.0 cm³/mol. The van der Waals surface area contributed by atoms with E-state index in [1.807, 2.05) is 44.1 Å². The number of aromatic nitrogens is 3. The van der Waals surface area contributed by atoms with Crippen LogP contribution in [0.2, 0.25) is 0 Å². The minimum absolute atomic E-state index is 0.0260. The summed E-state index contributed by atoms with van der Waals surface area (Å²) < 4.78 is 13.0. The van der Waals surface area contributed by atoms with Crippen LogP contribution in [0.25, 0.3) is 11.2 Å². The first-order valence-corrected chi connectivity index (χ1v) is 8.50. The Kier molecular flexibility index (Phi) is 3.76. The molecule has 2 atom stereocenters. The van der Waals surface area contributed by atoms with Gasteiger partial charge in [-0.1, -0.05) is 6.08 Å². The van der Waals surface area contributed by atoms with Gasteiger partial charge in [-0.05, 0) is 32.8 Å². The fourth-order valence-corrected chi connectivity index (χ4v) is 3.38. The normalized spacial score (nSPS) is 23.5. The van der Waals surface area contributed by atoms with Gasteiger partial charge in [0.15, 0.2) is 5.65 Å². The third-order valence-electron chi connectivity index (χ3n) is 4.42. The van der Waals surface area contributed by atoms with Crippen molar-refractivity contribution in [2.75, 3.05) is 13.2 Å². The molecule has 2 unspecified atom stereocenters. The topological polar surface area (TPSA) is 69.0 Å². The second-order valence-electron chi connectivity index (χ2n) is 7.52. The average molecular weight is 342 g/mol. The maximum absolute atomic E-state index is 12.6. The van der Waals surface area contributed by atoms with E-state index in [9.17, 15) is 4.79 Å². The van der Waals surface area contributed by atoms with Crippen LogP contribution in [0.1, 0.15) is 32.8 Å². The standard InChI is InChI=1S/C18H22N4O3/c1-18(2,3)25-17(23)22-14-6-12(7-15(22)11-24-10-14)13-8-19-16-4-5-20-21(16)9-13/h4-6,8-9,14-15H,7,10-11H2,1-3H3. The van der Waals surface area contributed by atoms with Gasteiger partial charge in [-0.3, -0.25) is 4.90 Å². The number of nitrogens with zero attached hydrogens (tertiary/aromatic N) is 4. The van der Waals surface area contributed by atoms with E-state index in [1.54, 1.807) is 10.7 Å². The Morgan fingerprint density at radius 2 is 2.20 bits per heavy atom. The van der Waals surface area contributed by atoms with E-state index in [-0.39, 0.29) is 18.2 Å². The number of hydrogen-bond acceptors (Lipinski definition) is 5. The fraction of sp³-hybridized carbons (Fsp3) is 0.500. The van der Waals surface area contributed by atoms with E-state index in [0.29, 0.717) is 19.6 Å². The van der Waals surface area contributed by atoms with Crippen LogP contribution in [0.15, 0.2) is 30.7 Å². The van der Waals surface area contributed by atoms with E-state index < -0.39 is 5.60 Å². The molecule has 2 bridgehead atoms. The van der Waals surface area contributed by atoms with Gasteiger partial charge in [0.1, 0.15) is 5.60 Å². The van der Waals surface area contributed by atoms with Crippen molar-refractivity contribution in [2.45, 2.75) is 44.9 Å². The van der Waals surface area contributed by atoms with Crippen LogP contribution in [0, 0.1) is 0 Å². The van der Waals surface area contributed by atoms with E-state index in [2.05, 4.69) is 16.2 Å². The highest BCUT2D eigenvalue weighted by Crippen LogP contribution is 2.33. The van der Waals surface area contributed by atoms with Crippen molar-refractivity contribution >= 4 is 17.3 Å². The van der Waals surface area contributed by atoms with Crippen LogP contribution in [-0.2, 0) is 9.47 Å². The first-order valence-electron chi connectivity index (χ1n) is 8.50. The summed E-state index contributed by atoms with van der Waals surface area (Å²) in [6.45, 7) is 6.65. The summed E-state index contributed by atoms with van der Waals surface area (Å²) in [4.78, 5) is 18.9. The van der Waals surface area contributed by atoms with Gasteiger partial charge in [-0.2, -0.15) is 5.10 Å². The molecular weight excluding hydrogens is 320 g/mol. The van der Waals surface area contributed by atoms with Gasteiger partial charge in [0, 0.05) is 24.0 Å². The van der Waals surface area contributed by atoms with Crippen LogP contribution in [0.4, 0.5) is 4.79 Å². The largest absolute Gasteiger partial charge is 0.444 e. The van der Waals surface area contributed by atoms with Gasteiger partial charge in [0.05, 0.1) is 31.5 Å². The lowest BCUT2D eigenvalue weighted by Gasteiger charge is -2.44. The maximum Gasteiger partial charge on any atom is 0.411 e. The Balaban J connectivity index is 1.63. The van der Waals surface area contributed by atoms with Crippen molar-refractivity contribution in [3.8, 4) is 0 Å². The third-order valence-corrected chi connectivity index (χ3v) is 4.42. The van der Waals surface area contributed by atoms with Gasteiger partial charge >= 0.3 is 6.09 Å². The van der Waals surface area contributed by atoms with Gasteiger partial charge < -0.3 is 9.47 Å². The monoisotopic (exact) mass is 342 g/mol. The zero-order valence-electron chi connectivity index (χ0n) is 14.7. The Labute approximate surface area is 146 Å². The number of morpholine rings is 1. The molecule has 25 heavy (non-hydrogen) atoms. The lowest BCUT2D eigenvalue weighted by Crippen LogP contribution is -2.57. The zero-order chi connectivity index (χ0) is 17.6. The molecule has 0 spiro atoms. The summed E-state index contributed by atoms with van der Waals surface area (Å²) >= 11 is 0. The Bertz CT molecular complexity index is 836. The molecule has 2 aromatic rings. The molecule has 0 saturated carbocycles. The van der Waals surface area contributed by atoms with Crippen molar-refractivity contribution in [3.05, 3.63) is 36.3 Å². The van der Waals surface area contributed by atoms with Crippen molar-refractivity contribution < 1.29 is 14.3 Å². The minimum Gasteiger partial charge on any atom is -0.444 e. The summed E-state index contributed by atoms with van der Waals surface area (Å²) in [5.74, 6) is 0. The predicted octanol–water partition coefficient (Wildman–Crippen LogP) is 2.52. The summed E-state index contributed by atoms with van der Waals surface area (Å²) in [6.07, 6.45) is 8.10. The van der Waals surface area contributed by atoms with Crippen molar-refractivity contribution in [3.63, 3.8) is 0 Å². The molecule has 1 amide bonds. The summed E-state index contributed by atoms with van der Waals surface area (Å²) in [6, 6.07) is 1.72. The first-order chi connectivity index (χ1) is 11.9. The van der Waals surface area contributed by atoms with E-state index in [1.165, 1.54) is 5.57 Å². The molecule has 7 heteroatoms. The first kappa shape index (κ1) is 16.1. The molecular formula is C18H22N4O3. The van der Waals surface area contributed by atoms with Crippen LogP contribution >= 0.6 is 0 Å². The number of rotatable bonds is 1. The summed E-state index contributed by atoms with van der Waals surface area (Å²) in [5, 5.41) is 4.25. The van der Waals surface area contributed by atoms with Crippen LogP contribution in [0.5, 0.6) is 0 Å². The molecule has 0 N–H and O–H groups in total. The van der Waals surface area contributed by atoms with Crippen LogP contribution < -0.4 is 0 Å². The second kappa shape index (κ2) is 5.84. The van der Waals surface area contributed by atoms with Crippen molar-refractivity contribution in [1.29, 1.82) is 0 Å². The lowest BCUT2D eigenvalue weighted by molar-refractivity contribution is -0.0510. The summed E-state index contributed by atoms with van der Waals surface area (Å²) in [5.41, 5.74) is 2.50. The fourth-order valence-electron chi connectivity index (χ4n) is 3.38. The molecule has 0 radical (unpaired) electrons. The number of carbonyl (C=O) groups excluding carboxylic acids is 1. The zero-order valence-corrected chi connectivity index (χ0v) is 14.7. The van der Waals surface area contributed by atoms with E-state index in [4.69, 9.17) is 9.47 Å². The van der Waals surface area contributed by atoms with Crippen LogP contribution in [-0.4, -0.2) is 56.5 Å². The number of amides is 1. The minimum atomic E-state index is -0.509. The Morgan fingerprint density at radius 1 is 1.36 bits per heavy atom. The van der Waals surface area contributed by atoms with Crippen molar-refractivity contribution in [2.24, 2.45) is 0 Å². The maximum atomic E-state index is 12.6. The average Bonchev–Trinajstić information content (AvgIpc) is 2.99. The molecule has 7 nitrogen and oxygen atoms in total. The van der Waals surface area contributed by atoms with Gasteiger partial charge in [0.25, 0.3) is 0 Å². The van der Waals surface area contributed by atoms with Crippen molar-refractivity contribution in [1.82, 2.24) is 19.5 Å². The Morgan fingerprint density at radius 3 is 2.96 bits per heavy atom. The number of ether oxygens (including phenoxy) is 2. The molecule has 132 valence electrons. The molecule has 2 aliphatic rings. The smallest absolute Gasteiger partial charge is 0.411 e. The van der Waals surface area contributed by atoms with Gasteiger partial charge in [-0.15, -0.1) is 0 Å².